The number of tetrazole rings is 1. The minimum atomic E-state index is -0.0951. The van der Waals surface area contributed by atoms with Crippen LogP contribution in [0.2, 0.25) is 0 Å². The number of rotatable bonds is 5. The van der Waals surface area contributed by atoms with Crippen molar-refractivity contribution < 1.29 is 9.53 Å². The summed E-state index contributed by atoms with van der Waals surface area (Å²) in [5, 5.41) is 12.9. The Labute approximate surface area is 191 Å². The minimum Gasteiger partial charge on any atom is -0.381 e. The fraction of sp³-hybridized carbons (Fsp3) is 0.292. The van der Waals surface area contributed by atoms with Crippen LogP contribution in [-0.2, 0) is 11.3 Å². The van der Waals surface area contributed by atoms with Gasteiger partial charge in [0.1, 0.15) is 6.33 Å². The van der Waals surface area contributed by atoms with Crippen LogP contribution in [0.5, 0.6) is 0 Å². The Morgan fingerprint density at radius 2 is 1.88 bits per heavy atom. The zero-order chi connectivity index (χ0) is 22.6. The molecule has 0 spiro atoms. The molecule has 0 unspecified atom stereocenters. The second-order valence-corrected chi connectivity index (χ2v) is 8.11. The molecule has 9 nitrogen and oxygen atoms in total. The van der Waals surface area contributed by atoms with Crippen molar-refractivity contribution in [3.05, 3.63) is 72.7 Å². The van der Waals surface area contributed by atoms with Crippen LogP contribution in [0.4, 0.5) is 4.79 Å². The number of hydrogen-bond acceptors (Lipinski definition) is 6. The fourth-order valence-corrected chi connectivity index (χ4v) is 3.98. The van der Waals surface area contributed by atoms with Gasteiger partial charge in [-0.05, 0) is 29.7 Å². The predicted octanol–water partition coefficient (Wildman–Crippen LogP) is 3.33. The maximum absolute atomic E-state index is 12.9. The molecule has 0 bridgehead atoms. The number of carbonyl (C=O) groups excluding carboxylic acids is 1. The summed E-state index contributed by atoms with van der Waals surface area (Å²) in [6.07, 6.45) is 5.03. The Kier molecular flexibility index (Phi) is 5.95. The molecule has 3 heterocycles. The molecule has 0 saturated carbocycles. The van der Waals surface area contributed by atoms with Gasteiger partial charge in [0.2, 0.25) is 5.82 Å². The standard InChI is InChI=1S/C24H25N7O2/c1-29(21-10-12-33-13-11-21)24(32)30-16-22(25-17-30)19-8-5-9-20(14-19)23-26-28-31(27-23)15-18-6-3-2-4-7-18/h2-9,14,16-17,21H,10-13,15H2,1H3. The number of amides is 1. The third kappa shape index (κ3) is 4.68. The maximum Gasteiger partial charge on any atom is 0.329 e. The Morgan fingerprint density at radius 1 is 1.09 bits per heavy atom. The van der Waals surface area contributed by atoms with Gasteiger partial charge in [-0.25, -0.2) is 9.78 Å². The van der Waals surface area contributed by atoms with E-state index >= 15 is 0 Å². The van der Waals surface area contributed by atoms with Crippen LogP contribution in [0, 0.1) is 0 Å². The Morgan fingerprint density at radius 3 is 2.70 bits per heavy atom. The van der Waals surface area contributed by atoms with E-state index in [1.807, 2.05) is 61.6 Å². The van der Waals surface area contributed by atoms with Crippen LogP contribution in [0.15, 0.2) is 67.1 Å². The van der Waals surface area contributed by atoms with Gasteiger partial charge in [-0.2, -0.15) is 4.80 Å². The summed E-state index contributed by atoms with van der Waals surface area (Å²) in [5.74, 6) is 0.544. The van der Waals surface area contributed by atoms with Gasteiger partial charge in [0, 0.05) is 43.6 Å². The van der Waals surface area contributed by atoms with E-state index in [-0.39, 0.29) is 12.1 Å². The van der Waals surface area contributed by atoms with E-state index in [0.717, 1.165) is 29.5 Å². The first-order chi connectivity index (χ1) is 16.2. The lowest BCUT2D eigenvalue weighted by Crippen LogP contribution is -2.42. The molecule has 0 N–H and O–H groups in total. The molecule has 168 valence electrons. The topological polar surface area (TPSA) is 91.0 Å². The summed E-state index contributed by atoms with van der Waals surface area (Å²) in [6.45, 7) is 1.93. The van der Waals surface area contributed by atoms with Crippen molar-refractivity contribution >= 4 is 6.03 Å². The molecule has 2 aromatic heterocycles. The molecule has 1 saturated heterocycles. The summed E-state index contributed by atoms with van der Waals surface area (Å²) in [5.41, 5.74) is 3.54. The van der Waals surface area contributed by atoms with Crippen LogP contribution in [0.1, 0.15) is 18.4 Å². The molecule has 1 aliphatic rings. The molecule has 0 radical (unpaired) electrons. The predicted molar refractivity (Wildman–Crippen MR) is 122 cm³/mol. The van der Waals surface area contributed by atoms with Crippen molar-refractivity contribution in [3.63, 3.8) is 0 Å². The number of benzene rings is 2. The van der Waals surface area contributed by atoms with Crippen molar-refractivity contribution in [1.82, 2.24) is 34.7 Å². The quantitative estimate of drug-likeness (QED) is 0.470. The Bertz CT molecular complexity index is 1230. The lowest BCUT2D eigenvalue weighted by molar-refractivity contribution is 0.0528. The van der Waals surface area contributed by atoms with Crippen LogP contribution in [0.25, 0.3) is 22.6 Å². The van der Waals surface area contributed by atoms with E-state index in [1.165, 1.54) is 4.57 Å². The van der Waals surface area contributed by atoms with Crippen LogP contribution < -0.4 is 0 Å². The maximum atomic E-state index is 12.9. The highest BCUT2D eigenvalue weighted by Gasteiger charge is 2.23. The van der Waals surface area contributed by atoms with Crippen molar-refractivity contribution in [1.29, 1.82) is 0 Å². The number of carbonyl (C=O) groups is 1. The van der Waals surface area contributed by atoms with Crippen molar-refractivity contribution in [2.24, 2.45) is 0 Å². The van der Waals surface area contributed by atoms with Gasteiger partial charge < -0.3 is 9.64 Å². The molecule has 1 amide bonds. The highest BCUT2D eigenvalue weighted by molar-refractivity contribution is 5.78. The summed E-state index contributed by atoms with van der Waals surface area (Å²) in [4.78, 5) is 20.7. The molecule has 9 heteroatoms. The molecule has 2 aromatic carbocycles. The number of imidazole rings is 1. The van der Waals surface area contributed by atoms with Gasteiger partial charge >= 0.3 is 6.03 Å². The highest BCUT2D eigenvalue weighted by atomic mass is 16.5. The van der Waals surface area contributed by atoms with E-state index in [9.17, 15) is 4.79 Å². The summed E-state index contributed by atoms with van der Waals surface area (Å²) in [7, 11) is 1.84. The van der Waals surface area contributed by atoms with Crippen LogP contribution in [0.3, 0.4) is 0 Å². The van der Waals surface area contributed by atoms with Gasteiger partial charge in [0.05, 0.1) is 12.2 Å². The second-order valence-electron chi connectivity index (χ2n) is 8.11. The van der Waals surface area contributed by atoms with Crippen LogP contribution in [-0.4, -0.2) is 67.0 Å². The number of aromatic nitrogens is 6. The van der Waals surface area contributed by atoms with E-state index in [2.05, 4.69) is 20.4 Å². The molecule has 0 atom stereocenters. The summed E-state index contributed by atoms with van der Waals surface area (Å²) >= 11 is 0. The van der Waals surface area contributed by atoms with Crippen molar-refractivity contribution in [2.75, 3.05) is 20.3 Å². The molecule has 33 heavy (non-hydrogen) atoms. The molecule has 1 fully saturated rings. The first kappa shape index (κ1) is 21.0. The average molecular weight is 444 g/mol. The Hall–Kier alpha value is -3.85. The zero-order valence-electron chi connectivity index (χ0n) is 18.4. The van der Waals surface area contributed by atoms with Gasteiger partial charge in [-0.3, -0.25) is 4.57 Å². The summed E-state index contributed by atoms with van der Waals surface area (Å²) in [6, 6.07) is 17.9. The number of nitrogens with zero attached hydrogens (tertiary/aromatic N) is 7. The van der Waals surface area contributed by atoms with E-state index < -0.39 is 0 Å². The lowest BCUT2D eigenvalue weighted by atomic mass is 10.1. The molecular formula is C24H25N7O2. The summed E-state index contributed by atoms with van der Waals surface area (Å²) < 4.78 is 6.94. The highest BCUT2D eigenvalue weighted by Crippen LogP contribution is 2.23. The Balaban J connectivity index is 1.32. The minimum absolute atomic E-state index is 0.0951. The van der Waals surface area contributed by atoms with E-state index in [4.69, 9.17) is 4.74 Å². The van der Waals surface area contributed by atoms with Gasteiger partial charge in [0.25, 0.3) is 0 Å². The normalized spacial score (nSPS) is 14.3. The van der Waals surface area contributed by atoms with E-state index in [0.29, 0.717) is 31.3 Å². The molecular weight excluding hydrogens is 418 g/mol. The SMILES string of the molecule is CN(C(=O)n1cnc(-c2cccc(-c3nnn(Cc4ccccc4)n3)c2)c1)C1CCOCC1. The van der Waals surface area contributed by atoms with Gasteiger partial charge in [-0.15, -0.1) is 10.2 Å². The number of hydrogen-bond donors (Lipinski definition) is 0. The third-order valence-electron chi connectivity index (χ3n) is 5.88. The molecule has 1 aliphatic heterocycles. The smallest absolute Gasteiger partial charge is 0.329 e. The van der Waals surface area contributed by atoms with Gasteiger partial charge in [0.15, 0.2) is 0 Å². The molecule has 4 aromatic rings. The van der Waals surface area contributed by atoms with Crippen molar-refractivity contribution in [2.45, 2.75) is 25.4 Å². The first-order valence-corrected chi connectivity index (χ1v) is 11.0. The van der Waals surface area contributed by atoms with Crippen molar-refractivity contribution in [3.8, 4) is 22.6 Å². The van der Waals surface area contributed by atoms with Crippen LogP contribution >= 0.6 is 0 Å². The van der Waals surface area contributed by atoms with Gasteiger partial charge in [-0.1, -0.05) is 48.5 Å². The largest absolute Gasteiger partial charge is 0.381 e. The zero-order valence-corrected chi connectivity index (χ0v) is 18.4. The molecule has 0 aliphatic carbocycles. The van der Waals surface area contributed by atoms with E-state index in [1.54, 1.807) is 22.2 Å². The molecule has 5 rings (SSSR count). The lowest BCUT2D eigenvalue weighted by Gasteiger charge is -2.30. The second kappa shape index (κ2) is 9.33. The monoisotopic (exact) mass is 443 g/mol. The number of ether oxygens (including phenoxy) is 1. The fourth-order valence-electron chi connectivity index (χ4n) is 3.98. The average Bonchev–Trinajstić information content (AvgIpc) is 3.55. The third-order valence-corrected chi connectivity index (χ3v) is 5.88. The first-order valence-electron chi connectivity index (χ1n) is 11.0.